The molecule has 1 atom stereocenters. The van der Waals surface area contributed by atoms with E-state index in [1.807, 2.05) is 6.07 Å². The van der Waals surface area contributed by atoms with Gasteiger partial charge in [-0.3, -0.25) is 10.2 Å². The van der Waals surface area contributed by atoms with E-state index >= 15 is 0 Å². The maximum atomic E-state index is 10.7. The summed E-state index contributed by atoms with van der Waals surface area (Å²) < 4.78 is 5.88. The largest absolute Gasteiger partial charge is 0.490 e. The van der Waals surface area contributed by atoms with Crippen molar-refractivity contribution in [2.75, 3.05) is 0 Å². The van der Waals surface area contributed by atoms with Gasteiger partial charge in [-0.1, -0.05) is 11.6 Å². The lowest BCUT2D eigenvalue weighted by Crippen LogP contribution is -2.52. The molecular formula is C15H19ClN4O3. The fourth-order valence-electron chi connectivity index (χ4n) is 2.45. The minimum Gasteiger partial charge on any atom is -0.490 e. The highest BCUT2D eigenvalue weighted by Gasteiger charge is 2.23. The van der Waals surface area contributed by atoms with E-state index in [1.165, 1.54) is 0 Å². The third-order valence-corrected chi connectivity index (χ3v) is 4.04. The van der Waals surface area contributed by atoms with E-state index < -0.39 is 12.1 Å². The van der Waals surface area contributed by atoms with Crippen LogP contribution in [0.2, 0.25) is 5.02 Å². The molecule has 0 aliphatic heterocycles. The van der Waals surface area contributed by atoms with Gasteiger partial charge < -0.3 is 15.6 Å². The van der Waals surface area contributed by atoms with E-state index in [1.54, 1.807) is 18.2 Å². The van der Waals surface area contributed by atoms with Crippen molar-refractivity contribution < 1.29 is 14.6 Å². The number of primary amides is 1. The van der Waals surface area contributed by atoms with Crippen molar-refractivity contribution in [3.05, 3.63) is 28.8 Å². The van der Waals surface area contributed by atoms with Gasteiger partial charge in [-0.2, -0.15) is 5.26 Å². The van der Waals surface area contributed by atoms with Crippen LogP contribution in [-0.4, -0.2) is 29.4 Å². The minimum absolute atomic E-state index is 0.0677. The number of aliphatic hydroxyl groups excluding tert-OH is 1. The van der Waals surface area contributed by atoms with Crippen molar-refractivity contribution in [1.29, 1.82) is 5.26 Å². The number of nitriles is 1. The smallest absolute Gasteiger partial charge is 0.262 e. The van der Waals surface area contributed by atoms with Gasteiger partial charge in [-0.15, -0.1) is 0 Å². The van der Waals surface area contributed by atoms with Gasteiger partial charge in [0.25, 0.3) is 5.91 Å². The lowest BCUT2D eigenvalue weighted by molar-refractivity contribution is -0.128. The van der Waals surface area contributed by atoms with Gasteiger partial charge in [0.1, 0.15) is 11.8 Å². The summed E-state index contributed by atoms with van der Waals surface area (Å²) in [6, 6.07) is 7.16. The second-order valence-corrected chi connectivity index (χ2v) is 5.85. The first-order chi connectivity index (χ1) is 11.0. The number of nitrogens with two attached hydrogens (primary N) is 1. The highest BCUT2D eigenvalue weighted by molar-refractivity contribution is 6.31. The molecule has 23 heavy (non-hydrogen) atoms. The van der Waals surface area contributed by atoms with Gasteiger partial charge in [-0.25, -0.2) is 5.43 Å². The van der Waals surface area contributed by atoms with Gasteiger partial charge in [0.15, 0.2) is 6.23 Å². The standard InChI is InChI=1S/C15H19ClN4O3/c16-13-7-12(4-1-9(13)8-17)23-11-5-2-10(3-6-11)19-20-15(22)14(18)21/h1,4,7,10-11,15,19-20,22H,2-3,5-6H2,(H2,18,21). The quantitative estimate of drug-likeness (QED) is 0.450. The monoisotopic (exact) mass is 338 g/mol. The predicted molar refractivity (Wildman–Crippen MR) is 84.3 cm³/mol. The van der Waals surface area contributed by atoms with Gasteiger partial charge in [-0.05, 0) is 37.8 Å². The summed E-state index contributed by atoms with van der Waals surface area (Å²) in [6.45, 7) is 0. The Morgan fingerprint density at radius 3 is 2.70 bits per heavy atom. The normalized spacial score (nSPS) is 22.1. The summed E-state index contributed by atoms with van der Waals surface area (Å²) >= 11 is 5.98. The van der Waals surface area contributed by atoms with E-state index in [0.717, 1.165) is 25.7 Å². The number of hydrogen-bond acceptors (Lipinski definition) is 6. The maximum absolute atomic E-state index is 10.7. The Balaban J connectivity index is 1.77. The first-order valence-electron chi connectivity index (χ1n) is 7.34. The third-order valence-electron chi connectivity index (χ3n) is 3.73. The van der Waals surface area contributed by atoms with Gasteiger partial charge in [0.05, 0.1) is 16.7 Å². The van der Waals surface area contributed by atoms with Gasteiger partial charge in [0.2, 0.25) is 0 Å². The van der Waals surface area contributed by atoms with Crippen molar-refractivity contribution in [3.63, 3.8) is 0 Å². The fraction of sp³-hybridized carbons (Fsp3) is 0.467. The number of amides is 1. The summed E-state index contributed by atoms with van der Waals surface area (Å²) in [4.78, 5) is 10.7. The number of nitrogens with one attached hydrogen (secondary N) is 2. The van der Waals surface area contributed by atoms with Crippen LogP contribution in [0.25, 0.3) is 0 Å². The number of ether oxygens (including phenoxy) is 1. The summed E-state index contributed by atoms with van der Waals surface area (Å²) in [5.41, 5.74) is 10.7. The van der Waals surface area contributed by atoms with E-state index in [-0.39, 0.29) is 12.1 Å². The molecule has 0 spiro atoms. The zero-order valence-electron chi connectivity index (χ0n) is 12.5. The van der Waals surface area contributed by atoms with Crippen LogP contribution >= 0.6 is 11.6 Å². The van der Waals surface area contributed by atoms with Crippen molar-refractivity contribution in [1.82, 2.24) is 10.9 Å². The predicted octanol–water partition coefficient (Wildman–Crippen LogP) is 0.800. The van der Waals surface area contributed by atoms with Crippen LogP contribution in [0.5, 0.6) is 5.75 Å². The molecule has 1 aromatic rings. The molecule has 0 heterocycles. The van der Waals surface area contributed by atoms with Gasteiger partial charge in [0, 0.05) is 12.1 Å². The van der Waals surface area contributed by atoms with E-state index in [0.29, 0.717) is 16.3 Å². The number of carbonyl (C=O) groups excluding carboxylic acids is 1. The molecule has 2 rings (SSSR count). The number of hydrogen-bond donors (Lipinski definition) is 4. The number of nitrogens with zero attached hydrogens (tertiary/aromatic N) is 1. The maximum Gasteiger partial charge on any atom is 0.262 e. The van der Waals surface area contributed by atoms with Gasteiger partial charge >= 0.3 is 0 Å². The molecule has 1 fully saturated rings. The van der Waals surface area contributed by atoms with E-state index in [4.69, 9.17) is 27.3 Å². The molecular weight excluding hydrogens is 320 g/mol. The Kier molecular flexibility index (Phi) is 6.19. The Morgan fingerprint density at radius 2 is 2.13 bits per heavy atom. The topological polar surface area (TPSA) is 120 Å². The van der Waals surface area contributed by atoms with Crippen LogP contribution in [0.1, 0.15) is 31.2 Å². The summed E-state index contributed by atoms with van der Waals surface area (Å²) in [5, 5.41) is 18.5. The zero-order chi connectivity index (χ0) is 16.8. The summed E-state index contributed by atoms with van der Waals surface area (Å²) in [5.74, 6) is -0.181. The van der Waals surface area contributed by atoms with Crippen LogP contribution < -0.4 is 21.3 Å². The number of benzene rings is 1. The molecule has 8 heteroatoms. The molecule has 0 aromatic heterocycles. The second kappa shape index (κ2) is 8.13. The zero-order valence-corrected chi connectivity index (χ0v) is 13.2. The van der Waals surface area contributed by atoms with Crippen molar-refractivity contribution in [2.24, 2.45) is 5.73 Å². The minimum atomic E-state index is -1.40. The van der Waals surface area contributed by atoms with Crippen LogP contribution in [-0.2, 0) is 4.79 Å². The number of carbonyl (C=O) groups is 1. The molecule has 1 aromatic carbocycles. The lowest BCUT2D eigenvalue weighted by Gasteiger charge is -2.30. The molecule has 1 saturated carbocycles. The highest BCUT2D eigenvalue weighted by Crippen LogP contribution is 2.27. The van der Waals surface area contributed by atoms with Crippen LogP contribution in [0, 0.1) is 11.3 Å². The molecule has 1 unspecified atom stereocenters. The highest BCUT2D eigenvalue weighted by atomic mass is 35.5. The number of aliphatic hydroxyl groups is 1. The second-order valence-electron chi connectivity index (χ2n) is 5.44. The molecule has 1 amide bonds. The van der Waals surface area contributed by atoms with Crippen LogP contribution in [0.3, 0.4) is 0 Å². The molecule has 124 valence electrons. The number of hydrazine groups is 1. The Bertz CT molecular complexity index is 597. The van der Waals surface area contributed by atoms with Crippen LogP contribution in [0.4, 0.5) is 0 Å². The first kappa shape index (κ1) is 17.5. The average Bonchev–Trinajstić information content (AvgIpc) is 2.54. The fourth-order valence-corrected chi connectivity index (χ4v) is 2.66. The molecule has 5 N–H and O–H groups in total. The Hall–Kier alpha value is -1.85. The average molecular weight is 339 g/mol. The van der Waals surface area contributed by atoms with Crippen LogP contribution in [0.15, 0.2) is 18.2 Å². The number of rotatable bonds is 6. The Morgan fingerprint density at radius 1 is 1.43 bits per heavy atom. The van der Waals surface area contributed by atoms with Crippen molar-refractivity contribution in [2.45, 2.75) is 44.1 Å². The molecule has 1 aliphatic rings. The van der Waals surface area contributed by atoms with E-state index in [2.05, 4.69) is 10.9 Å². The molecule has 7 nitrogen and oxygen atoms in total. The SMILES string of the molecule is N#Cc1ccc(OC2CCC(NNC(O)C(N)=O)CC2)cc1Cl. The molecule has 0 saturated heterocycles. The van der Waals surface area contributed by atoms with Crippen molar-refractivity contribution >= 4 is 17.5 Å². The third kappa shape index (κ3) is 5.08. The summed E-state index contributed by atoms with van der Waals surface area (Å²) in [7, 11) is 0. The molecule has 0 bridgehead atoms. The lowest BCUT2D eigenvalue weighted by atomic mass is 9.93. The first-order valence-corrected chi connectivity index (χ1v) is 7.72. The Labute approximate surface area is 139 Å². The number of halogens is 1. The van der Waals surface area contributed by atoms with E-state index in [9.17, 15) is 9.90 Å². The van der Waals surface area contributed by atoms with Crippen molar-refractivity contribution in [3.8, 4) is 11.8 Å². The molecule has 1 aliphatic carbocycles. The summed E-state index contributed by atoms with van der Waals surface area (Å²) in [6.07, 6.45) is 1.97. The molecule has 0 radical (unpaired) electrons.